The van der Waals surface area contributed by atoms with Gasteiger partial charge < -0.3 is 10.8 Å². The summed E-state index contributed by atoms with van der Waals surface area (Å²) < 4.78 is 26.0. The number of nitrogens with one attached hydrogen (secondary N) is 1. The average molecular weight is 249 g/mol. The highest BCUT2D eigenvalue weighted by atomic mass is 32.1. The molecule has 0 saturated heterocycles. The Kier molecular flexibility index (Phi) is 2.75. The summed E-state index contributed by atoms with van der Waals surface area (Å²) in [4.78, 5) is 0. The summed E-state index contributed by atoms with van der Waals surface area (Å²) in [7, 11) is 0. The lowest BCUT2D eigenvalue weighted by Crippen LogP contribution is -2.59. The number of hydrogen-bond donors (Lipinski definition) is 3. The van der Waals surface area contributed by atoms with E-state index < -0.39 is 12.2 Å². The lowest BCUT2D eigenvalue weighted by molar-refractivity contribution is -0.144. The monoisotopic (exact) mass is 249 g/mol. The minimum atomic E-state index is -2.95. The summed E-state index contributed by atoms with van der Waals surface area (Å²) in [6, 6.07) is 0. The van der Waals surface area contributed by atoms with Gasteiger partial charge in [-0.05, 0) is 37.9 Å². The Balaban J connectivity index is 2.41. The van der Waals surface area contributed by atoms with Crippen LogP contribution < -0.4 is 11.2 Å². The number of alkyl halides is 2. The van der Waals surface area contributed by atoms with E-state index in [2.05, 4.69) is 17.6 Å². The summed E-state index contributed by atoms with van der Waals surface area (Å²) in [6.45, 7) is 0. The molecule has 16 heavy (non-hydrogen) atoms. The Labute approximate surface area is 97.1 Å². The summed E-state index contributed by atoms with van der Waals surface area (Å²) in [5.74, 6) is 0. The highest BCUT2D eigenvalue weighted by Crippen LogP contribution is 2.41. The quantitative estimate of drug-likeness (QED) is 0.601. The van der Waals surface area contributed by atoms with Gasteiger partial charge in [0.15, 0.2) is 5.11 Å². The molecule has 0 bridgehead atoms. The van der Waals surface area contributed by atoms with Crippen LogP contribution in [0.1, 0.15) is 25.7 Å². The molecular weight excluding hydrogens is 236 g/mol. The summed E-state index contributed by atoms with van der Waals surface area (Å²) in [6.07, 6.45) is -0.157. The fraction of sp³-hybridized carbons (Fsp3) is 0.667. The van der Waals surface area contributed by atoms with Crippen molar-refractivity contribution in [2.24, 2.45) is 5.73 Å². The van der Waals surface area contributed by atoms with E-state index in [4.69, 9.17) is 5.73 Å². The van der Waals surface area contributed by atoms with Gasteiger partial charge in [-0.1, -0.05) is 0 Å². The van der Waals surface area contributed by atoms with Crippen molar-refractivity contribution in [3.63, 3.8) is 0 Å². The molecule has 1 aliphatic heterocycles. The standard InChI is InChI=1S/C9H13F2N3OS/c10-7(11)9(15)5-3-1-2-4-6(5)13-14(9)8(12)16/h7,13,15H,1-4H2,(H2,12,16). The van der Waals surface area contributed by atoms with Crippen molar-refractivity contribution >= 4 is 17.3 Å². The van der Waals surface area contributed by atoms with Crippen LogP contribution in [-0.4, -0.2) is 27.4 Å². The summed E-state index contributed by atoms with van der Waals surface area (Å²) in [5.41, 5.74) is 6.60. The second kappa shape index (κ2) is 3.81. The van der Waals surface area contributed by atoms with E-state index in [1.165, 1.54) is 0 Å². The van der Waals surface area contributed by atoms with Gasteiger partial charge in [-0.25, -0.2) is 13.8 Å². The minimum Gasteiger partial charge on any atom is -0.375 e. The first kappa shape index (κ1) is 11.5. The zero-order valence-electron chi connectivity index (χ0n) is 8.54. The van der Waals surface area contributed by atoms with Crippen LogP contribution in [0.3, 0.4) is 0 Å². The molecule has 0 aromatic rings. The topological polar surface area (TPSA) is 61.5 Å². The summed E-state index contributed by atoms with van der Waals surface area (Å²) >= 11 is 4.67. The van der Waals surface area contributed by atoms with Crippen LogP contribution in [0.2, 0.25) is 0 Å². The van der Waals surface area contributed by atoms with Gasteiger partial charge in [-0.3, -0.25) is 5.43 Å². The molecule has 0 aromatic heterocycles. The molecule has 1 heterocycles. The van der Waals surface area contributed by atoms with Gasteiger partial charge in [-0.2, -0.15) is 0 Å². The molecule has 2 aliphatic rings. The van der Waals surface area contributed by atoms with Crippen molar-refractivity contribution in [3.8, 4) is 0 Å². The van der Waals surface area contributed by atoms with E-state index in [0.29, 0.717) is 24.1 Å². The fourth-order valence-electron chi connectivity index (χ4n) is 2.24. The lowest BCUT2D eigenvalue weighted by atomic mass is 9.90. The van der Waals surface area contributed by atoms with Crippen molar-refractivity contribution in [2.45, 2.75) is 37.8 Å². The Bertz CT molecular complexity index is 361. The number of nitrogens with zero attached hydrogens (tertiary/aromatic N) is 1. The third kappa shape index (κ3) is 1.46. The first-order valence-corrected chi connectivity index (χ1v) is 5.48. The second-order valence-corrected chi connectivity index (χ2v) is 4.39. The zero-order chi connectivity index (χ0) is 11.9. The smallest absolute Gasteiger partial charge is 0.291 e. The van der Waals surface area contributed by atoms with Gasteiger partial charge in [0.25, 0.3) is 6.43 Å². The van der Waals surface area contributed by atoms with Crippen molar-refractivity contribution in [1.29, 1.82) is 0 Å². The molecule has 0 amide bonds. The van der Waals surface area contributed by atoms with Crippen LogP contribution >= 0.6 is 12.2 Å². The predicted molar refractivity (Wildman–Crippen MR) is 58.2 cm³/mol. The van der Waals surface area contributed by atoms with E-state index >= 15 is 0 Å². The maximum Gasteiger partial charge on any atom is 0.291 e. The number of rotatable bonds is 1. The molecule has 0 spiro atoms. The van der Waals surface area contributed by atoms with Crippen LogP contribution in [0.5, 0.6) is 0 Å². The van der Waals surface area contributed by atoms with E-state index in [9.17, 15) is 13.9 Å². The van der Waals surface area contributed by atoms with Crippen LogP contribution in [0.25, 0.3) is 0 Å². The number of aliphatic hydroxyl groups is 1. The molecule has 90 valence electrons. The molecule has 1 aliphatic carbocycles. The molecule has 0 radical (unpaired) electrons. The highest BCUT2D eigenvalue weighted by Gasteiger charge is 2.54. The van der Waals surface area contributed by atoms with E-state index in [-0.39, 0.29) is 5.11 Å². The molecule has 0 fully saturated rings. The second-order valence-electron chi connectivity index (χ2n) is 3.98. The number of allylic oxidation sites excluding steroid dienone is 1. The normalized spacial score (nSPS) is 29.4. The Morgan fingerprint density at radius 3 is 2.69 bits per heavy atom. The summed E-state index contributed by atoms with van der Waals surface area (Å²) in [5, 5.41) is 10.6. The highest BCUT2D eigenvalue weighted by molar-refractivity contribution is 7.80. The molecule has 4 nitrogen and oxygen atoms in total. The Hall–Kier alpha value is -0.950. The van der Waals surface area contributed by atoms with Crippen molar-refractivity contribution < 1.29 is 13.9 Å². The third-order valence-electron chi connectivity index (χ3n) is 3.02. The first-order valence-electron chi connectivity index (χ1n) is 5.07. The number of halogens is 2. The number of nitrogens with two attached hydrogens (primary N) is 1. The van der Waals surface area contributed by atoms with Crippen LogP contribution in [0.4, 0.5) is 8.78 Å². The van der Waals surface area contributed by atoms with Gasteiger partial charge in [0, 0.05) is 11.3 Å². The first-order chi connectivity index (χ1) is 7.48. The van der Waals surface area contributed by atoms with Crippen LogP contribution in [-0.2, 0) is 0 Å². The fourth-order valence-corrected chi connectivity index (χ4v) is 2.43. The van der Waals surface area contributed by atoms with E-state index in [1.807, 2.05) is 0 Å². The zero-order valence-corrected chi connectivity index (χ0v) is 9.36. The Morgan fingerprint density at radius 1 is 1.50 bits per heavy atom. The average Bonchev–Trinajstić information content (AvgIpc) is 2.54. The van der Waals surface area contributed by atoms with Gasteiger partial charge in [-0.15, -0.1) is 0 Å². The molecule has 0 aromatic carbocycles. The van der Waals surface area contributed by atoms with Crippen molar-refractivity contribution in [2.75, 3.05) is 0 Å². The maximum absolute atomic E-state index is 13.0. The number of thiocarbonyl (C=S) groups is 1. The molecule has 2 rings (SSSR count). The van der Waals surface area contributed by atoms with Crippen LogP contribution in [0, 0.1) is 0 Å². The van der Waals surface area contributed by atoms with Gasteiger partial charge in [0.05, 0.1) is 0 Å². The molecular formula is C9H13F2N3OS. The largest absolute Gasteiger partial charge is 0.375 e. The third-order valence-corrected chi connectivity index (χ3v) is 3.21. The van der Waals surface area contributed by atoms with E-state index in [1.54, 1.807) is 0 Å². The van der Waals surface area contributed by atoms with Gasteiger partial charge in [0.2, 0.25) is 5.72 Å². The SMILES string of the molecule is NC(=S)N1NC2=C(CCCC2)C1(O)C(F)F. The number of hydrogen-bond acceptors (Lipinski definition) is 3. The predicted octanol–water partition coefficient (Wildman–Crippen LogP) is 0.832. The molecule has 4 N–H and O–H groups in total. The molecule has 0 saturated carbocycles. The van der Waals surface area contributed by atoms with Crippen molar-refractivity contribution in [3.05, 3.63) is 11.3 Å². The van der Waals surface area contributed by atoms with Crippen molar-refractivity contribution in [1.82, 2.24) is 10.4 Å². The number of hydrazine groups is 1. The Morgan fingerprint density at radius 2 is 2.12 bits per heavy atom. The van der Waals surface area contributed by atoms with Gasteiger partial charge in [0.1, 0.15) is 0 Å². The lowest BCUT2D eigenvalue weighted by Gasteiger charge is -2.34. The van der Waals surface area contributed by atoms with E-state index in [0.717, 1.165) is 17.9 Å². The molecule has 1 atom stereocenters. The van der Waals surface area contributed by atoms with Crippen LogP contribution in [0.15, 0.2) is 11.3 Å². The molecule has 7 heteroatoms. The maximum atomic E-state index is 13.0. The molecule has 1 unspecified atom stereocenters. The van der Waals surface area contributed by atoms with Gasteiger partial charge >= 0.3 is 0 Å². The minimum absolute atomic E-state index is 0.280.